The van der Waals surface area contributed by atoms with Crippen LogP contribution in [0.5, 0.6) is 0 Å². The van der Waals surface area contributed by atoms with Gasteiger partial charge in [0.25, 0.3) is 0 Å². The Hall–Kier alpha value is 0.530. The average Bonchev–Trinajstić information content (AvgIpc) is 2.98. The molecule has 0 bridgehead atoms. The molecule has 1 saturated heterocycles. The third-order valence-corrected chi connectivity index (χ3v) is 7.92. The molecule has 1 aromatic heterocycles. The van der Waals surface area contributed by atoms with Gasteiger partial charge in [-0.15, -0.1) is 11.3 Å². The maximum absolute atomic E-state index is 12.8. The average molecular weight is 446 g/mol. The van der Waals surface area contributed by atoms with E-state index in [4.69, 9.17) is 0 Å². The van der Waals surface area contributed by atoms with E-state index in [1.165, 1.54) is 11.3 Å². The number of hydrogen-bond acceptors (Lipinski definition) is 4. The largest absolute Gasteiger partial charge is 0.313 e. The topological polar surface area (TPSA) is 49.4 Å². The van der Waals surface area contributed by atoms with Gasteiger partial charge >= 0.3 is 0 Å². The molecule has 114 valence electrons. The van der Waals surface area contributed by atoms with Gasteiger partial charge in [0.15, 0.2) is 0 Å². The minimum atomic E-state index is -3.43. The normalized spacial score (nSPS) is 19.9. The van der Waals surface area contributed by atoms with Crippen molar-refractivity contribution in [3.05, 3.63) is 13.6 Å². The molecule has 2 heterocycles. The zero-order valence-electron chi connectivity index (χ0n) is 11.2. The lowest BCUT2D eigenvalue weighted by atomic mass is 10.2. The number of rotatable bonds is 6. The molecule has 8 heteroatoms. The Bertz CT molecular complexity index is 554. The van der Waals surface area contributed by atoms with Crippen LogP contribution >= 0.6 is 43.2 Å². The summed E-state index contributed by atoms with van der Waals surface area (Å²) in [5, 5.41) is 3.36. The molecule has 1 aromatic rings. The summed E-state index contributed by atoms with van der Waals surface area (Å²) in [6.07, 6.45) is 2.98. The zero-order chi connectivity index (χ0) is 14.8. The van der Waals surface area contributed by atoms with Crippen molar-refractivity contribution in [2.24, 2.45) is 0 Å². The first kappa shape index (κ1) is 16.9. The van der Waals surface area contributed by atoms with Crippen LogP contribution in [0, 0.1) is 0 Å². The van der Waals surface area contributed by atoms with Crippen LogP contribution in [0.1, 0.15) is 26.2 Å². The quantitative estimate of drug-likeness (QED) is 0.729. The Morgan fingerprint density at radius 1 is 1.50 bits per heavy atom. The summed E-state index contributed by atoms with van der Waals surface area (Å²) < 4.78 is 28.7. The Morgan fingerprint density at radius 2 is 2.25 bits per heavy atom. The number of halogens is 2. The molecule has 1 aliphatic rings. The van der Waals surface area contributed by atoms with Crippen molar-refractivity contribution in [2.75, 3.05) is 19.6 Å². The van der Waals surface area contributed by atoms with Crippen LogP contribution in [0.15, 0.2) is 18.5 Å². The molecule has 20 heavy (non-hydrogen) atoms. The molecule has 1 fully saturated rings. The van der Waals surface area contributed by atoms with Gasteiger partial charge in [-0.1, -0.05) is 6.92 Å². The van der Waals surface area contributed by atoms with Gasteiger partial charge in [0.2, 0.25) is 10.0 Å². The van der Waals surface area contributed by atoms with Crippen molar-refractivity contribution in [1.82, 2.24) is 9.62 Å². The molecular weight excluding hydrogens is 428 g/mol. The smallest absolute Gasteiger partial charge is 0.245 e. The number of nitrogens with one attached hydrogen (secondary N) is 1. The van der Waals surface area contributed by atoms with Gasteiger partial charge in [0.1, 0.15) is 4.90 Å². The van der Waals surface area contributed by atoms with Crippen LogP contribution in [0.2, 0.25) is 0 Å². The molecule has 1 aliphatic heterocycles. The first-order chi connectivity index (χ1) is 9.45. The zero-order valence-corrected chi connectivity index (χ0v) is 16.0. The standard InChI is InChI=1S/C12H18Br2N2O2S2/c1-2-6-16(8-9-4-3-5-15-9)20(17,18)10-7-11(13)19-12(10)14/h7,9,15H,2-6,8H2,1H3. The summed E-state index contributed by atoms with van der Waals surface area (Å²) in [4.78, 5) is 0.362. The summed E-state index contributed by atoms with van der Waals surface area (Å²) in [5.74, 6) is 0. The molecule has 0 aliphatic carbocycles. The predicted molar refractivity (Wildman–Crippen MR) is 89.8 cm³/mol. The van der Waals surface area contributed by atoms with E-state index in [-0.39, 0.29) is 6.04 Å². The van der Waals surface area contributed by atoms with E-state index in [0.29, 0.717) is 21.8 Å². The van der Waals surface area contributed by atoms with E-state index in [0.717, 1.165) is 29.6 Å². The summed E-state index contributed by atoms with van der Waals surface area (Å²) in [6.45, 7) is 4.10. The van der Waals surface area contributed by atoms with Gasteiger partial charge in [-0.3, -0.25) is 0 Å². The fourth-order valence-corrected chi connectivity index (χ4v) is 7.70. The molecule has 4 nitrogen and oxygen atoms in total. The number of nitrogens with zero attached hydrogens (tertiary/aromatic N) is 1. The SMILES string of the molecule is CCCN(CC1CCCN1)S(=O)(=O)c1cc(Br)sc1Br. The third kappa shape index (κ3) is 3.84. The fourth-order valence-electron chi connectivity index (χ4n) is 2.36. The second-order valence-electron chi connectivity index (χ2n) is 4.84. The van der Waals surface area contributed by atoms with E-state index < -0.39 is 10.0 Å². The Kier molecular flexibility index (Phi) is 6.08. The van der Waals surface area contributed by atoms with Crippen molar-refractivity contribution < 1.29 is 8.42 Å². The van der Waals surface area contributed by atoms with Gasteiger partial charge < -0.3 is 5.32 Å². The molecule has 0 spiro atoms. The van der Waals surface area contributed by atoms with Crippen molar-refractivity contribution >= 4 is 53.2 Å². The lowest BCUT2D eigenvalue weighted by Gasteiger charge is -2.24. The fraction of sp³-hybridized carbons (Fsp3) is 0.667. The number of thiophene rings is 1. The number of hydrogen-bond donors (Lipinski definition) is 1. The monoisotopic (exact) mass is 444 g/mol. The van der Waals surface area contributed by atoms with Crippen LogP contribution in [0.4, 0.5) is 0 Å². The van der Waals surface area contributed by atoms with Crippen molar-refractivity contribution in [2.45, 2.75) is 37.1 Å². The lowest BCUT2D eigenvalue weighted by molar-refractivity contribution is 0.369. The highest BCUT2D eigenvalue weighted by atomic mass is 79.9. The Morgan fingerprint density at radius 3 is 2.75 bits per heavy atom. The predicted octanol–water partition coefficient (Wildman–Crippen LogP) is 3.43. The van der Waals surface area contributed by atoms with Gasteiger partial charge in [-0.2, -0.15) is 4.31 Å². The van der Waals surface area contributed by atoms with Crippen LogP contribution in [-0.2, 0) is 10.0 Å². The van der Waals surface area contributed by atoms with Gasteiger partial charge in [0.05, 0.1) is 7.57 Å². The molecule has 1 atom stereocenters. The van der Waals surface area contributed by atoms with E-state index >= 15 is 0 Å². The second-order valence-corrected chi connectivity index (χ2v) is 10.5. The summed E-state index contributed by atoms with van der Waals surface area (Å²) >= 11 is 8.08. The summed E-state index contributed by atoms with van der Waals surface area (Å²) in [5.41, 5.74) is 0. The highest BCUT2D eigenvalue weighted by Gasteiger charge is 2.30. The van der Waals surface area contributed by atoms with Crippen LogP contribution in [0.3, 0.4) is 0 Å². The Balaban J connectivity index is 2.24. The van der Waals surface area contributed by atoms with E-state index in [1.54, 1.807) is 10.4 Å². The van der Waals surface area contributed by atoms with Crippen LogP contribution in [-0.4, -0.2) is 38.4 Å². The first-order valence-corrected chi connectivity index (χ1v) is 10.5. The van der Waals surface area contributed by atoms with Crippen LogP contribution < -0.4 is 5.32 Å². The highest BCUT2D eigenvalue weighted by molar-refractivity contribution is 9.12. The minimum Gasteiger partial charge on any atom is -0.313 e. The molecular formula is C12H18Br2N2O2S2. The maximum Gasteiger partial charge on any atom is 0.245 e. The lowest BCUT2D eigenvalue weighted by Crippen LogP contribution is -2.41. The summed E-state index contributed by atoms with van der Waals surface area (Å²) in [6, 6.07) is 1.95. The number of sulfonamides is 1. The molecule has 0 amide bonds. The summed E-state index contributed by atoms with van der Waals surface area (Å²) in [7, 11) is -3.43. The highest BCUT2D eigenvalue weighted by Crippen LogP contribution is 2.36. The van der Waals surface area contributed by atoms with E-state index in [2.05, 4.69) is 37.2 Å². The maximum atomic E-state index is 12.8. The van der Waals surface area contributed by atoms with E-state index in [1.807, 2.05) is 6.92 Å². The van der Waals surface area contributed by atoms with E-state index in [9.17, 15) is 8.42 Å². The van der Waals surface area contributed by atoms with Crippen LogP contribution in [0.25, 0.3) is 0 Å². The molecule has 0 aromatic carbocycles. The molecule has 1 unspecified atom stereocenters. The van der Waals surface area contributed by atoms with Crippen molar-refractivity contribution in [3.63, 3.8) is 0 Å². The van der Waals surface area contributed by atoms with Gasteiger partial charge in [-0.25, -0.2) is 8.42 Å². The second kappa shape index (κ2) is 7.19. The van der Waals surface area contributed by atoms with Crippen molar-refractivity contribution in [3.8, 4) is 0 Å². The first-order valence-electron chi connectivity index (χ1n) is 6.63. The molecule has 1 N–H and O–H groups in total. The van der Waals surface area contributed by atoms with Gasteiger partial charge in [-0.05, 0) is 63.7 Å². The Labute approximate surface area is 141 Å². The van der Waals surface area contributed by atoms with Crippen molar-refractivity contribution in [1.29, 1.82) is 0 Å². The third-order valence-electron chi connectivity index (χ3n) is 3.30. The molecule has 0 radical (unpaired) electrons. The molecule has 2 rings (SSSR count). The molecule has 0 saturated carbocycles. The van der Waals surface area contributed by atoms with Gasteiger partial charge in [0, 0.05) is 19.1 Å². The minimum absolute atomic E-state index is 0.275.